The van der Waals surface area contributed by atoms with Crippen LogP contribution in [0.2, 0.25) is 0 Å². The summed E-state index contributed by atoms with van der Waals surface area (Å²) in [5.74, 6) is 0.584. The smallest absolute Gasteiger partial charge is 0.233 e. The van der Waals surface area contributed by atoms with Crippen molar-refractivity contribution >= 4 is 0 Å². The molecule has 18 heavy (non-hydrogen) atoms. The third-order valence-electron chi connectivity index (χ3n) is 3.00. The van der Waals surface area contributed by atoms with Crippen LogP contribution < -0.4 is 10.1 Å². The van der Waals surface area contributed by atoms with Crippen LogP contribution in [0, 0.1) is 0 Å². The van der Waals surface area contributed by atoms with Crippen molar-refractivity contribution < 1.29 is 9.15 Å². The predicted molar refractivity (Wildman–Crippen MR) is 66.3 cm³/mol. The fourth-order valence-corrected chi connectivity index (χ4v) is 2.04. The molecule has 0 unspecified atom stereocenters. The van der Waals surface area contributed by atoms with Gasteiger partial charge in [-0.15, -0.1) is 0 Å². The quantitative estimate of drug-likeness (QED) is 0.894. The average molecular weight is 245 g/mol. The maximum Gasteiger partial charge on any atom is 0.233 e. The standard InChI is InChI=1S/C13H15N3O2/c1-4-14-5-2-11(1)18-13-8-15-7-12(16-13)10-3-6-17-9-10/h3,6-9,11,14H,1-2,4-5H2. The molecule has 1 saturated heterocycles. The Morgan fingerprint density at radius 2 is 2.17 bits per heavy atom. The molecule has 1 aliphatic rings. The van der Waals surface area contributed by atoms with Crippen molar-refractivity contribution in [2.24, 2.45) is 0 Å². The van der Waals surface area contributed by atoms with E-state index in [2.05, 4.69) is 15.3 Å². The molecule has 0 bridgehead atoms. The average Bonchev–Trinajstić information content (AvgIpc) is 2.94. The molecule has 1 fully saturated rings. The molecule has 0 saturated carbocycles. The molecule has 0 radical (unpaired) electrons. The maximum absolute atomic E-state index is 5.85. The molecule has 94 valence electrons. The van der Waals surface area contributed by atoms with Crippen molar-refractivity contribution in [3.8, 4) is 17.1 Å². The first kappa shape index (κ1) is 11.2. The highest BCUT2D eigenvalue weighted by atomic mass is 16.5. The van der Waals surface area contributed by atoms with Crippen molar-refractivity contribution in [1.29, 1.82) is 0 Å². The Bertz CT molecular complexity index is 493. The summed E-state index contributed by atoms with van der Waals surface area (Å²) < 4.78 is 10.9. The zero-order chi connectivity index (χ0) is 12.2. The van der Waals surface area contributed by atoms with Gasteiger partial charge in [-0.2, -0.15) is 0 Å². The largest absolute Gasteiger partial charge is 0.473 e. The minimum atomic E-state index is 0.236. The van der Waals surface area contributed by atoms with Gasteiger partial charge in [0.05, 0.1) is 30.6 Å². The van der Waals surface area contributed by atoms with Crippen LogP contribution in [0.3, 0.4) is 0 Å². The number of nitrogens with one attached hydrogen (secondary N) is 1. The summed E-state index contributed by atoms with van der Waals surface area (Å²) in [6.07, 6.45) is 8.90. The van der Waals surface area contributed by atoms with Crippen LogP contribution in [-0.4, -0.2) is 29.2 Å². The van der Waals surface area contributed by atoms with Gasteiger partial charge in [0.25, 0.3) is 0 Å². The number of aromatic nitrogens is 2. The second kappa shape index (κ2) is 5.18. The Balaban J connectivity index is 1.74. The minimum absolute atomic E-state index is 0.236. The molecular weight excluding hydrogens is 230 g/mol. The molecule has 0 atom stereocenters. The molecular formula is C13H15N3O2. The van der Waals surface area contributed by atoms with E-state index in [4.69, 9.17) is 9.15 Å². The number of nitrogens with zero attached hydrogens (tertiary/aromatic N) is 2. The predicted octanol–water partition coefficient (Wildman–Crippen LogP) is 1.87. The summed E-state index contributed by atoms with van der Waals surface area (Å²) in [6, 6.07) is 1.86. The number of furan rings is 1. The molecule has 1 N–H and O–H groups in total. The van der Waals surface area contributed by atoms with Crippen LogP contribution in [0.25, 0.3) is 11.3 Å². The lowest BCUT2D eigenvalue weighted by atomic mass is 10.1. The van der Waals surface area contributed by atoms with E-state index >= 15 is 0 Å². The molecule has 0 aromatic carbocycles. The Hall–Kier alpha value is -1.88. The van der Waals surface area contributed by atoms with Crippen LogP contribution in [0.15, 0.2) is 35.4 Å². The highest BCUT2D eigenvalue weighted by molar-refractivity contribution is 5.56. The van der Waals surface area contributed by atoms with Gasteiger partial charge in [0.1, 0.15) is 6.10 Å². The SMILES string of the molecule is c1cc(-c2cncc(OC3CCNCC3)n2)co1. The van der Waals surface area contributed by atoms with E-state index in [0.29, 0.717) is 5.88 Å². The van der Waals surface area contributed by atoms with Gasteiger partial charge in [0.2, 0.25) is 5.88 Å². The van der Waals surface area contributed by atoms with Crippen molar-refractivity contribution in [3.63, 3.8) is 0 Å². The van der Waals surface area contributed by atoms with Gasteiger partial charge in [-0.05, 0) is 32.0 Å². The Kier molecular flexibility index (Phi) is 3.23. The summed E-state index contributed by atoms with van der Waals surface area (Å²) in [5, 5.41) is 3.31. The lowest BCUT2D eigenvalue weighted by molar-refractivity contribution is 0.155. The lowest BCUT2D eigenvalue weighted by Gasteiger charge is -2.23. The van der Waals surface area contributed by atoms with E-state index in [1.807, 2.05) is 6.07 Å². The molecule has 0 amide bonds. The number of ether oxygens (including phenoxy) is 1. The molecule has 0 spiro atoms. The van der Waals surface area contributed by atoms with E-state index in [0.717, 1.165) is 37.2 Å². The van der Waals surface area contributed by atoms with E-state index in [1.165, 1.54) is 0 Å². The first-order chi connectivity index (χ1) is 8.92. The van der Waals surface area contributed by atoms with Gasteiger partial charge >= 0.3 is 0 Å². The van der Waals surface area contributed by atoms with E-state index < -0.39 is 0 Å². The summed E-state index contributed by atoms with van der Waals surface area (Å²) in [5.41, 5.74) is 1.69. The highest BCUT2D eigenvalue weighted by Crippen LogP contribution is 2.20. The Morgan fingerprint density at radius 1 is 1.28 bits per heavy atom. The zero-order valence-corrected chi connectivity index (χ0v) is 10.0. The first-order valence-corrected chi connectivity index (χ1v) is 6.14. The second-order valence-corrected chi connectivity index (χ2v) is 4.32. The van der Waals surface area contributed by atoms with E-state index in [9.17, 15) is 0 Å². The van der Waals surface area contributed by atoms with Crippen molar-refractivity contribution in [2.75, 3.05) is 13.1 Å². The molecule has 2 aromatic rings. The fraction of sp³-hybridized carbons (Fsp3) is 0.385. The molecule has 3 heterocycles. The van der Waals surface area contributed by atoms with Gasteiger partial charge in [-0.25, -0.2) is 4.98 Å². The summed E-state index contributed by atoms with van der Waals surface area (Å²) in [6.45, 7) is 2.00. The number of hydrogen-bond acceptors (Lipinski definition) is 5. The van der Waals surface area contributed by atoms with Gasteiger partial charge in [-0.1, -0.05) is 0 Å². The molecule has 0 aliphatic carbocycles. The van der Waals surface area contributed by atoms with Crippen LogP contribution >= 0.6 is 0 Å². The number of piperidine rings is 1. The van der Waals surface area contributed by atoms with Crippen molar-refractivity contribution in [2.45, 2.75) is 18.9 Å². The van der Waals surface area contributed by atoms with Crippen LogP contribution in [0.1, 0.15) is 12.8 Å². The topological polar surface area (TPSA) is 60.2 Å². The summed E-state index contributed by atoms with van der Waals surface area (Å²) >= 11 is 0. The first-order valence-electron chi connectivity index (χ1n) is 6.14. The maximum atomic E-state index is 5.85. The molecule has 5 heteroatoms. The Labute approximate surface area is 105 Å². The van der Waals surface area contributed by atoms with E-state index in [1.54, 1.807) is 24.9 Å². The summed E-state index contributed by atoms with van der Waals surface area (Å²) in [7, 11) is 0. The van der Waals surface area contributed by atoms with Gasteiger partial charge in [0, 0.05) is 5.56 Å². The van der Waals surface area contributed by atoms with Crippen LogP contribution in [0.5, 0.6) is 5.88 Å². The molecule has 5 nitrogen and oxygen atoms in total. The van der Waals surface area contributed by atoms with Crippen molar-refractivity contribution in [3.05, 3.63) is 31.0 Å². The molecule has 3 rings (SSSR count). The van der Waals surface area contributed by atoms with Gasteiger partial charge in [-0.3, -0.25) is 4.98 Å². The van der Waals surface area contributed by atoms with E-state index in [-0.39, 0.29) is 6.10 Å². The molecule has 2 aromatic heterocycles. The third-order valence-corrected chi connectivity index (χ3v) is 3.00. The molecule has 1 aliphatic heterocycles. The lowest BCUT2D eigenvalue weighted by Crippen LogP contribution is -2.34. The highest BCUT2D eigenvalue weighted by Gasteiger charge is 2.15. The monoisotopic (exact) mass is 245 g/mol. The van der Waals surface area contributed by atoms with Crippen LogP contribution in [0.4, 0.5) is 0 Å². The van der Waals surface area contributed by atoms with Gasteiger partial charge < -0.3 is 14.5 Å². The van der Waals surface area contributed by atoms with Gasteiger partial charge in [0.15, 0.2) is 0 Å². The van der Waals surface area contributed by atoms with Crippen molar-refractivity contribution in [1.82, 2.24) is 15.3 Å². The fourth-order valence-electron chi connectivity index (χ4n) is 2.04. The zero-order valence-electron chi connectivity index (χ0n) is 10.0. The summed E-state index contributed by atoms with van der Waals surface area (Å²) in [4.78, 5) is 8.61. The Morgan fingerprint density at radius 3 is 2.94 bits per heavy atom. The van der Waals surface area contributed by atoms with Crippen LogP contribution in [-0.2, 0) is 0 Å². The third kappa shape index (κ3) is 2.51. The number of rotatable bonds is 3. The number of hydrogen-bond donors (Lipinski definition) is 1. The normalized spacial score (nSPS) is 16.7. The minimum Gasteiger partial charge on any atom is -0.473 e. The second-order valence-electron chi connectivity index (χ2n) is 4.32.